The average Bonchev–Trinajstić information content (AvgIpc) is 2.46. The van der Waals surface area contributed by atoms with Gasteiger partial charge in [0.15, 0.2) is 0 Å². The lowest BCUT2D eigenvalue weighted by Gasteiger charge is -1.66. The Morgan fingerprint density at radius 1 is 1.50 bits per heavy atom. The average molecular weight is 106 g/mol. The SMILES string of the molecule is O=c1c2ccnnc12. The van der Waals surface area contributed by atoms with E-state index in [1.807, 2.05) is 0 Å². The zero-order valence-corrected chi connectivity index (χ0v) is 3.96. The van der Waals surface area contributed by atoms with Gasteiger partial charge in [-0.25, -0.2) is 0 Å². The predicted molar refractivity (Wildman–Crippen MR) is 28.2 cm³/mol. The third-order valence-corrected chi connectivity index (χ3v) is 1.12. The molecule has 0 radical (unpaired) electrons. The number of hydrogen-bond acceptors (Lipinski definition) is 3. The quantitative estimate of drug-likeness (QED) is 0.469. The number of hydrogen-bond donors (Lipinski definition) is 0. The van der Waals surface area contributed by atoms with E-state index in [0.29, 0.717) is 5.52 Å². The van der Waals surface area contributed by atoms with Gasteiger partial charge >= 0.3 is 0 Å². The van der Waals surface area contributed by atoms with Gasteiger partial charge < -0.3 is 0 Å². The van der Waals surface area contributed by atoms with Crippen LogP contribution in [-0.4, -0.2) is 10.2 Å². The van der Waals surface area contributed by atoms with Crippen molar-refractivity contribution in [2.75, 3.05) is 0 Å². The lowest BCUT2D eigenvalue weighted by molar-refractivity contribution is 1.09. The van der Waals surface area contributed by atoms with Gasteiger partial charge in [-0.1, -0.05) is 0 Å². The van der Waals surface area contributed by atoms with Crippen molar-refractivity contribution < 1.29 is 0 Å². The molecule has 0 spiro atoms. The molecule has 0 atom stereocenters. The lowest BCUT2D eigenvalue weighted by atomic mass is 10.6. The molecule has 38 valence electrons. The molecule has 3 heteroatoms. The van der Waals surface area contributed by atoms with Crippen LogP contribution in [0.15, 0.2) is 17.1 Å². The Morgan fingerprint density at radius 3 is 2.88 bits per heavy atom. The van der Waals surface area contributed by atoms with E-state index in [0.717, 1.165) is 5.39 Å². The molecule has 0 aliphatic rings. The minimum atomic E-state index is 0.0440. The predicted octanol–water partition coefficient (Wildman–Crippen LogP) is -0.134. The normalized spacial score (nSPS) is 11.0. The summed E-state index contributed by atoms with van der Waals surface area (Å²) in [6, 6.07) is 1.67. The molecule has 1 aromatic heterocycles. The Morgan fingerprint density at radius 2 is 2.38 bits per heavy atom. The standard InChI is InChI=1S/C5H2N2O/c8-5-3-1-2-6-7-4(3)5/h1-2H. The van der Waals surface area contributed by atoms with Crippen LogP contribution in [0.4, 0.5) is 0 Å². The van der Waals surface area contributed by atoms with E-state index in [-0.39, 0.29) is 5.43 Å². The summed E-state index contributed by atoms with van der Waals surface area (Å²) in [5, 5.41) is 7.79. The van der Waals surface area contributed by atoms with Gasteiger partial charge in [0.25, 0.3) is 0 Å². The summed E-state index contributed by atoms with van der Waals surface area (Å²) >= 11 is 0. The second kappa shape index (κ2) is 0.940. The van der Waals surface area contributed by atoms with E-state index in [9.17, 15) is 4.79 Å². The monoisotopic (exact) mass is 106 g/mol. The maximum absolute atomic E-state index is 10.4. The molecule has 0 aliphatic heterocycles. The summed E-state index contributed by atoms with van der Waals surface area (Å²) in [5.74, 6) is 0. The lowest BCUT2D eigenvalue weighted by Crippen LogP contribution is -1.72. The van der Waals surface area contributed by atoms with E-state index in [4.69, 9.17) is 0 Å². The molecule has 1 heterocycles. The summed E-state index contributed by atoms with van der Waals surface area (Å²) in [4.78, 5) is 10.4. The van der Waals surface area contributed by atoms with Crippen LogP contribution >= 0.6 is 0 Å². The first-order chi connectivity index (χ1) is 3.89. The van der Waals surface area contributed by atoms with Crippen LogP contribution in [0.3, 0.4) is 0 Å². The van der Waals surface area contributed by atoms with Gasteiger partial charge in [-0.05, 0) is 6.07 Å². The van der Waals surface area contributed by atoms with E-state index >= 15 is 0 Å². The van der Waals surface area contributed by atoms with E-state index in [1.54, 1.807) is 6.07 Å². The fourth-order valence-electron chi connectivity index (χ4n) is 0.627. The van der Waals surface area contributed by atoms with Gasteiger partial charge in [0.05, 0.1) is 11.6 Å². The second-order valence-electron chi connectivity index (χ2n) is 1.62. The van der Waals surface area contributed by atoms with Crippen LogP contribution in [-0.2, 0) is 0 Å². The Bertz CT molecular complexity index is 301. The molecule has 8 heavy (non-hydrogen) atoms. The fraction of sp³-hybridized carbons (Fsp3) is 0. The van der Waals surface area contributed by atoms with E-state index in [1.165, 1.54) is 6.20 Å². The first-order valence-corrected chi connectivity index (χ1v) is 2.26. The molecule has 0 saturated carbocycles. The first-order valence-electron chi connectivity index (χ1n) is 2.26. The zero-order valence-electron chi connectivity index (χ0n) is 3.96. The molecule has 2 rings (SSSR count). The maximum atomic E-state index is 10.4. The molecule has 3 nitrogen and oxygen atoms in total. The Balaban J connectivity index is 3.03. The fourth-order valence-corrected chi connectivity index (χ4v) is 0.627. The van der Waals surface area contributed by atoms with Crippen molar-refractivity contribution in [3.63, 3.8) is 0 Å². The third-order valence-electron chi connectivity index (χ3n) is 1.12. The Hall–Kier alpha value is -1.25. The number of nitrogens with zero attached hydrogens (tertiary/aromatic N) is 2. The topological polar surface area (TPSA) is 42.9 Å². The highest BCUT2D eigenvalue weighted by atomic mass is 16.1. The summed E-state index contributed by atoms with van der Waals surface area (Å²) in [5.41, 5.74) is 0.579. The van der Waals surface area contributed by atoms with Crippen molar-refractivity contribution in [3.05, 3.63) is 22.5 Å². The summed E-state index contributed by atoms with van der Waals surface area (Å²) < 4.78 is 0. The summed E-state index contributed by atoms with van der Waals surface area (Å²) in [6.07, 6.45) is 1.52. The number of aromatic nitrogens is 2. The van der Waals surface area contributed by atoms with Gasteiger partial charge in [-0.15, -0.1) is 5.10 Å². The van der Waals surface area contributed by atoms with Gasteiger partial charge in [-0.2, -0.15) is 5.10 Å². The zero-order chi connectivity index (χ0) is 5.56. The van der Waals surface area contributed by atoms with Crippen LogP contribution < -0.4 is 5.43 Å². The maximum Gasteiger partial charge on any atom is 0.216 e. The molecule has 1 aromatic carbocycles. The van der Waals surface area contributed by atoms with E-state index in [2.05, 4.69) is 10.2 Å². The van der Waals surface area contributed by atoms with Crippen LogP contribution in [0.25, 0.3) is 10.9 Å². The van der Waals surface area contributed by atoms with Crippen molar-refractivity contribution in [2.24, 2.45) is 0 Å². The number of fused-ring (bicyclic) bond motifs is 1. The Labute approximate surface area is 44.7 Å². The molecule has 0 saturated heterocycles. The molecule has 0 N–H and O–H groups in total. The minimum Gasteiger partial charge on any atom is -0.287 e. The minimum absolute atomic E-state index is 0.0440. The van der Waals surface area contributed by atoms with Gasteiger partial charge in [0, 0.05) is 0 Å². The molecule has 2 aromatic rings. The van der Waals surface area contributed by atoms with Crippen molar-refractivity contribution >= 4 is 10.9 Å². The van der Waals surface area contributed by atoms with Crippen LogP contribution in [0.2, 0.25) is 0 Å². The smallest absolute Gasteiger partial charge is 0.216 e. The molecule has 0 unspecified atom stereocenters. The molecule has 0 amide bonds. The molecular weight excluding hydrogens is 104 g/mol. The van der Waals surface area contributed by atoms with Crippen molar-refractivity contribution in [2.45, 2.75) is 0 Å². The highest BCUT2D eigenvalue weighted by molar-refractivity contribution is 5.92. The molecular formula is C5H2N2O. The van der Waals surface area contributed by atoms with Gasteiger partial charge in [0.2, 0.25) is 5.43 Å². The highest BCUT2D eigenvalue weighted by Gasteiger charge is 2.11. The van der Waals surface area contributed by atoms with E-state index < -0.39 is 0 Å². The third kappa shape index (κ3) is 0.269. The van der Waals surface area contributed by atoms with Crippen LogP contribution in [0, 0.1) is 0 Å². The second-order valence-corrected chi connectivity index (χ2v) is 1.62. The molecule has 0 fully saturated rings. The summed E-state index contributed by atoms with van der Waals surface area (Å²) in [6.45, 7) is 0. The Kier molecular flexibility index (Phi) is 0.436. The molecule has 0 bridgehead atoms. The highest BCUT2D eigenvalue weighted by Crippen LogP contribution is 2.05. The van der Waals surface area contributed by atoms with Gasteiger partial charge in [-0.3, -0.25) is 4.79 Å². The van der Waals surface area contributed by atoms with Crippen LogP contribution in [0.1, 0.15) is 0 Å². The summed E-state index contributed by atoms with van der Waals surface area (Å²) in [7, 11) is 0. The van der Waals surface area contributed by atoms with Crippen molar-refractivity contribution in [1.82, 2.24) is 10.2 Å². The number of rotatable bonds is 0. The van der Waals surface area contributed by atoms with Crippen molar-refractivity contribution in [1.29, 1.82) is 0 Å². The van der Waals surface area contributed by atoms with Crippen LogP contribution in [0.5, 0.6) is 0 Å². The molecule has 0 aliphatic carbocycles. The van der Waals surface area contributed by atoms with Crippen molar-refractivity contribution in [3.8, 4) is 0 Å². The largest absolute Gasteiger partial charge is 0.287 e. The van der Waals surface area contributed by atoms with Gasteiger partial charge in [0.1, 0.15) is 5.52 Å². The first kappa shape index (κ1) is 3.72.